The van der Waals surface area contributed by atoms with E-state index in [0.717, 1.165) is 45.2 Å². The molecule has 0 spiro atoms. The van der Waals surface area contributed by atoms with Crippen molar-refractivity contribution in [2.75, 3.05) is 44.7 Å². The van der Waals surface area contributed by atoms with Crippen LogP contribution in [0.25, 0.3) is 32.9 Å². The molecule has 5 heterocycles. The molecule has 3 fully saturated rings. The second-order valence-corrected chi connectivity index (χ2v) is 16.0. The maximum atomic E-state index is 17.3. The normalized spacial score (nSPS) is 19.3. The van der Waals surface area contributed by atoms with Gasteiger partial charge in [0, 0.05) is 37.3 Å². The Bertz CT molecular complexity index is 2230. The van der Waals surface area contributed by atoms with Gasteiger partial charge in [-0.3, -0.25) is 14.7 Å². The number of benzene rings is 2. The molecule has 0 N–H and O–H groups in total. The standard InChI is InChI=1S/C42H45F2N7O2/c1-8-28-31(43)13-12-26-20-27(41(5,6)24-45)21-29(34(26)28)36-35(44)37-30(22-46-36)38(49(7)23-32-40(3,4)16-19-51(32)33(52)9-2)48-39(47-37)53-25-42-14-10-17-50(42)18-11-15-42/h1,9,12-13,20-22,32H,2,10-11,14-19,23,25H2,3-7H3/t32-/m1/s1. The van der Waals surface area contributed by atoms with E-state index in [9.17, 15) is 10.1 Å². The Morgan fingerprint density at radius 2 is 1.91 bits per heavy atom. The van der Waals surface area contributed by atoms with Crippen LogP contribution in [0.2, 0.25) is 0 Å². The molecule has 7 rings (SSSR count). The summed E-state index contributed by atoms with van der Waals surface area (Å²) in [6.07, 6.45) is 13.7. The number of nitrogens with zero attached hydrogens (tertiary/aromatic N) is 7. The second-order valence-electron chi connectivity index (χ2n) is 16.0. The maximum absolute atomic E-state index is 17.3. The molecule has 0 saturated carbocycles. The van der Waals surface area contributed by atoms with Crippen LogP contribution in [-0.4, -0.2) is 82.1 Å². The van der Waals surface area contributed by atoms with Crippen molar-refractivity contribution in [2.45, 2.75) is 76.8 Å². The monoisotopic (exact) mass is 717 g/mol. The molecule has 1 amide bonds. The van der Waals surface area contributed by atoms with E-state index in [4.69, 9.17) is 16.1 Å². The van der Waals surface area contributed by atoms with Gasteiger partial charge in [-0.25, -0.2) is 8.78 Å². The molecule has 3 aliphatic rings. The SMILES string of the molecule is C#Cc1c(F)ccc2cc(C(C)(C)C#N)cc(-c3ncc4c(N(C)C[C@H]5N(C(=O)C=C)CCC5(C)C)nc(OCC56CCCN5CCC6)nc4c3F)c12. The molecule has 2 aromatic carbocycles. The third-order valence-electron chi connectivity index (χ3n) is 11.9. The molecular formula is C42H45F2N7O2. The minimum atomic E-state index is -0.956. The Kier molecular flexibility index (Phi) is 9.14. The molecule has 2 aromatic heterocycles. The molecule has 0 unspecified atom stereocenters. The number of carbonyl (C=O) groups excluding carboxylic acids is 1. The molecule has 11 heteroatoms. The van der Waals surface area contributed by atoms with E-state index in [1.54, 1.807) is 32.0 Å². The lowest BCUT2D eigenvalue weighted by atomic mass is 9.82. The van der Waals surface area contributed by atoms with Crippen LogP contribution >= 0.6 is 0 Å². The number of nitriles is 1. The lowest BCUT2D eigenvalue weighted by Crippen LogP contribution is -2.47. The number of likely N-dealkylation sites (N-methyl/N-ethyl adjacent to an activating group) is 1. The van der Waals surface area contributed by atoms with Gasteiger partial charge in [0.15, 0.2) is 5.82 Å². The van der Waals surface area contributed by atoms with Crippen molar-refractivity contribution >= 4 is 33.4 Å². The second kappa shape index (κ2) is 13.4. The summed E-state index contributed by atoms with van der Waals surface area (Å²) in [5.41, 5.74) is -0.544. The van der Waals surface area contributed by atoms with Crippen LogP contribution in [-0.2, 0) is 10.2 Å². The van der Waals surface area contributed by atoms with Gasteiger partial charge in [-0.15, -0.1) is 6.42 Å². The zero-order chi connectivity index (χ0) is 37.9. The molecule has 3 saturated heterocycles. The lowest BCUT2D eigenvalue weighted by Gasteiger charge is -2.36. The molecule has 0 aliphatic carbocycles. The first-order valence-corrected chi connectivity index (χ1v) is 18.3. The van der Waals surface area contributed by atoms with Gasteiger partial charge in [-0.05, 0) is 99.7 Å². The summed E-state index contributed by atoms with van der Waals surface area (Å²) in [6, 6.07) is 8.46. The number of terminal acetylenes is 1. The fourth-order valence-corrected chi connectivity index (χ4v) is 8.64. The van der Waals surface area contributed by atoms with Crippen LogP contribution in [0.5, 0.6) is 6.01 Å². The first-order valence-electron chi connectivity index (χ1n) is 18.3. The highest BCUT2D eigenvalue weighted by atomic mass is 19.1. The molecule has 53 heavy (non-hydrogen) atoms. The molecule has 0 radical (unpaired) electrons. The Morgan fingerprint density at radius 1 is 1.17 bits per heavy atom. The van der Waals surface area contributed by atoms with E-state index < -0.39 is 17.0 Å². The topological polar surface area (TPSA) is 98.5 Å². The summed E-state index contributed by atoms with van der Waals surface area (Å²) >= 11 is 0. The number of aromatic nitrogens is 3. The minimum Gasteiger partial charge on any atom is -0.461 e. The quantitative estimate of drug-likeness (QED) is 0.133. The van der Waals surface area contributed by atoms with Gasteiger partial charge in [0.25, 0.3) is 0 Å². The average Bonchev–Trinajstić information content (AvgIpc) is 3.82. The van der Waals surface area contributed by atoms with Crippen molar-refractivity contribution in [3.63, 3.8) is 0 Å². The van der Waals surface area contributed by atoms with Crippen molar-refractivity contribution in [3.05, 3.63) is 65.9 Å². The summed E-state index contributed by atoms with van der Waals surface area (Å²) in [5.74, 6) is 1.34. The molecule has 3 aliphatic heterocycles. The third kappa shape index (κ3) is 6.15. The van der Waals surface area contributed by atoms with E-state index in [1.165, 1.54) is 18.3 Å². The average molecular weight is 718 g/mol. The summed E-state index contributed by atoms with van der Waals surface area (Å²) in [7, 11) is 1.86. The van der Waals surface area contributed by atoms with Gasteiger partial charge in [0.2, 0.25) is 5.91 Å². The van der Waals surface area contributed by atoms with Gasteiger partial charge in [0.05, 0.1) is 34.0 Å². The maximum Gasteiger partial charge on any atom is 0.319 e. The van der Waals surface area contributed by atoms with Crippen LogP contribution in [0.15, 0.2) is 43.1 Å². The highest BCUT2D eigenvalue weighted by Crippen LogP contribution is 2.42. The van der Waals surface area contributed by atoms with Crippen LogP contribution in [0.1, 0.15) is 70.9 Å². The van der Waals surface area contributed by atoms with Crippen molar-refractivity contribution in [2.24, 2.45) is 5.41 Å². The van der Waals surface area contributed by atoms with E-state index >= 15 is 8.78 Å². The van der Waals surface area contributed by atoms with Crippen molar-refractivity contribution in [1.82, 2.24) is 24.8 Å². The zero-order valence-corrected chi connectivity index (χ0v) is 31.1. The van der Waals surface area contributed by atoms with Crippen LogP contribution < -0.4 is 9.64 Å². The number of ether oxygens (including phenoxy) is 1. The fourth-order valence-electron chi connectivity index (χ4n) is 8.64. The minimum absolute atomic E-state index is 0.0180. The molecule has 274 valence electrons. The molecule has 4 aromatic rings. The summed E-state index contributed by atoms with van der Waals surface area (Å²) in [4.78, 5) is 33.3. The first kappa shape index (κ1) is 36.2. The predicted octanol–water partition coefficient (Wildman–Crippen LogP) is 7.16. The summed E-state index contributed by atoms with van der Waals surface area (Å²) in [5, 5.41) is 11.2. The first-order chi connectivity index (χ1) is 25.2. The smallest absolute Gasteiger partial charge is 0.319 e. The third-order valence-corrected chi connectivity index (χ3v) is 11.9. The number of fused-ring (bicyclic) bond motifs is 3. The molecular weight excluding hydrogens is 673 g/mol. The summed E-state index contributed by atoms with van der Waals surface area (Å²) in [6.45, 7) is 14.9. The Labute approximate surface area is 309 Å². The lowest BCUT2D eigenvalue weighted by molar-refractivity contribution is -0.127. The summed E-state index contributed by atoms with van der Waals surface area (Å²) < 4.78 is 39.0. The van der Waals surface area contributed by atoms with Crippen molar-refractivity contribution in [3.8, 4) is 35.7 Å². The number of likely N-dealkylation sites (tertiary alicyclic amines) is 1. The van der Waals surface area contributed by atoms with Crippen LogP contribution in [0.4, 0.5) is 14.6 Å². The number of amides is 1. The molecule has 1 atom stereocenters. The Balaban J connectivity index is 1.40. The van der Waals surface area contributed by atoms with Gasteiger partial charge in [0.1, 0.15) is 29.5 Å². The van der Waals surface area contributed by atoms with Gasteiger partial charge in [-0.1, -0.05) is 32.4 Å². The predicted molar refractivity (Wildman–Crippen MR) is 202 cm³/mol. The van der Waals surface area contributed by atoms with Gasteiger partial charge in [-0.2, -0.15) is 15.2 Å². The van der Waals surface area contributed by atoms with E-state index in [1.807, 2.05) is 16.8 Å². The van der Waals surface area contributed by atoms with E-state index in [2.05, 4.69) is 47.3 Å². The number of pyridine rings is 1. The number of hydrogen-bond acceptors (Lipinski definition) is 8. The highest BCUT2D eigenvalue weighted by Gasteiger charge is 2.45. The van der Waals surface area contributed by atoms with Crippen molar-refractivity contribution < 1.29 is 18.3 Å². The Hall–Kier alpha value is -5.13. The van der Waals surface area contributed by atoms with Gasteiger partial charge < -0.3 is 14.5 Å². The molecule has 9 nitrogen and oxygen atoms in total. The Morgan fingerprint density at radius 3 is 2.58 bits per heavy atom. The fraction of sp³-hybridized carbons (Fsp3) is 0.452. The number of rotatable bonds is 9. The number of halogens is 2. The zero-order valence-electron chi connectivity index (χ0n) is 31.1. The van der Waals surface area contributed by atoms with E-state index in [0.29, 0.717) is 47.2 Å². The number of carbonyl (C=O) groups is 1. The van der Waals surface area contributed by atoms with Gasteiger partial charge >= 0.3 is 6.01 Å². The van der Waals surface area contributed by atoms with Crippen LogP contribution in [0.3, 0.4) is 0 Å². The van der Waals surface area contributed by atoms with Crippen LogP contribution in [0, 0.1) is 40.7 Å². The largest absolute Gasteiger partial charge is 0.461 e. The van der Waals surface area contributed by atoms with E-state index in [-0.39, 0.29) is 51.3 Å². The number of anilines is 1. The van der Waals surface area contributed by atoms with Crippen molar-refractivity contribution in [1.29, 1.82) is 5.26 Å². The highest BCUT2D eigenvalue weighted by molar-refractivity contribution is 6.02. The molecule has 0 bridgehead atoms. The number of hydrogen-bond donors (Lipinski definition) is 0.